The zero-order chi connectivity index (χ0) is 8.97. The molecule has 0 saturated heterocycles. The zero-order valence-corrected chi connectivity index (χ0v) is 7.04. The van der Waals surface area contributed by atoms with Gasteiger partial charge in [0.15, 0.2) is 12.4 Å². The lowest BCUT2D eigenvalue weighted by Crippen LogP contribution is -1.96. The number of terminal acetylenes is 1. The molecule has 1 heterocycles. The fourth-order valence-corrected chi connectivity index (χ4v) is 1.01. The zero-order valence-electron chi connectivity index (χ0n) is 6.23. The highest BCUT2D eigenvalue weighted by atomic mass is 32.1. The molecule has 0 aliphatic rings. The van der Waals surface area contributed by atoms with E-state index >= 15 is 0 Å². The summed E-state index contributed by atoms with van der Waals surface area (Å²) in [6.45, 7) is 0. The van der Waals surface area contributed by atoms with Gasteiger partial charge in [-0.1, -0.05) is 0 Å². The number of nitrogens with zero attached hydrogens (tertiary/aromatic N) is 2. The Hall–Kier alpha value is -1.47. The fourth-order valence-electron chi connectivity index (χ4n) is 0.843. The summed E-state index contributed by atoms with van der Waals surface area (Å²) >= 11 is 4.39. The second-order valence-corrected chi connectivity index (χ2v) is 2.46. The van der Waals surface area contributed by atoms with Gasteiger partial charge in [-0.05, 0) is 17.1 Å². The van der Waals surface area contributed by atoms with Crippen molar-refractivity contribution in [3.63, 3.8) is 0 Å². The second kappa shape index (κ2) is 3.79. The molecule has 12 heavy (non-hydrogen) atoms. The van der Waals surface area contributed by atoms with E-state index in [-0.39, 0.29) is 5.82 Å². The number of aromatic nitrogens is 1. The molecule has 0 spiro atoms. The molecule has 0 N–H and O–H groups in total. The predicted octanol–water partition coefficient (Wildman–Crippen LogP) is 1.13. The molecule has 0 aliphatic heterocycles. The molecule has 0 saturated carbocycles. The van der Waals surface area contributed by atoms with Gasteiger partial charge in [-0.25, -0.2) is 0 Å². The monoisotopic (exact) mass is 178 g/mol. The van der Waals surface area contributed by atoms with Gasteiger partial charge < -0.3 is 5.21 Å². The largest absolute Gasteiger partial charge is 0.699 e. The third-order valence-corrected chi connectivity index (χ3v) is 1.51. The van der Waals surface area contributed by atoms with Gasteiger partial charge in [0.2, 0.25) is 0 Å². The molecule has 1 aromatic rings. The van der Waals surface area contributed by atoms with Gasteiger partial charge in [-0.3, -0.25) is 0 Å². The minimum Gasteiger partial charge on any atom is -0.699 e. The van der Waals surface area contributed by atoms with Crippen LogP contribution in [0.3, 0.4) is 0 Å². The molecule has 0 atom stereocenters. The van der Waals surface area contributed by atoms with E-state index in [1.54, 1.807) is 12.1 Å². The molecule has 3 nitrogen and oxygen atoms in total. The summed E-state index contributed by atoms with van der Waals surface area (Å²) in [5.41, 5.74) is 0.685. The van der Waals surface area contributed by atoms with Gasteiger partial charge in [0.1, 0.15) is 6.20 Å². The summed E-state index contributed by atoms with van der Waals surface area (Å²) in [6, 6.07) is 3.45. The Morgan fingerprint density at radius 3 is 3.08 bits per heavy atom. The first-order chi connectivity index (χ1) is 5.75. The topological polar surface area (TPSA) is 39.0 Å². The standard InChI is InChI=1S/C8H6N2OS/c1-2-4-7-5-3-6-9-8(7)10(11)12/h1,3,5-6H,4H2. The van der Waals surface area contributed by atoms with E-state index in [2.05, 4.69) is 23.3 Å². The number of hydrogen-bond acceptors (Lipinski definition) is 3. The van der Waals surface area contributed by atoms with Crippen LogP contribution in [-0.2, 0) is 18.8 Å². The third-order valence-electron chi connectivity index (χ3n) is 1.33. The molecule has 60 valence electrons. The lowest BCUT2D eigenvalue weighted by molar-refractivity contribution is -0.331. The first kappa shape index (κ1) is 8.62. The van der Waals surface area contributed by atoms with E-state index in [4.69, 9.17) is 6.42 Å². The van der Waals surface area contributed by atoms with Crippen molar-refractivity contribution in [1.29, 1.82) is 0 Å². The summed E-state index contributed by atoms with van der Waals surface area (Å²) < 4.78 is 0.298. The lowest BCUT2D eigenvalue weighted by atomic mass is 10.2. The van der Waals surface area contributed by atoms with E-state index < -0.39 is 0 Å². The Labute approximate surface area is 75.8 Å². The van der Waals surface area contributed by atoms with Crippen LogP contribution in [0.2, 0.25) is 0 Å². The minimum atomic E-state index is 0.213. The fraction of sp³-hybridized carbons (Fsp3) is 0.125. The van der Waals surface area contributed by atoms with Crippen LogP contribution in [0, 0.1) is 17.6 Å². The molecule has 0 radical (unpaired) electrons. The molecular formula is C8H6N2OS. The number of rotatable bonds is 2. The predicted molar refractivity (Wildman–Crippen MR) is 47.4 cm³/mol. The Bertz CT molecular complexity index is 343. The highest BCUT2D eigenvalue weighted by Crippen LogP contribution is 2.13. The van der Waals surface area contributed by atoms with Crippen molar-refractivity contribution in [3.05, 3.63) is 29.1 Å². The normalized spacial score (nSPS) is 8.92. The first-order valence-corrected chi connectivity index (χ1v) is 3.64. The Morgan fingerprint density at radius 1 is 1.75 bits per heavy atom. The average Bonchev–Trinajstić information content (AvgIpc) is 2.05. The van der Waals surface area contributed by atoms with Crippen molar-refractivity contribution in [2.45, 2.75) is 6.42 Å². The maximum absolute atomic E-state index is 10.7. The Morgan fingerprint density at radius 2 is 2.50 bits per heavy atom. The number of pyridine rings is 1. The van der Waals surface area contributed by atoms with E-state index in [1.165, 1.54) is 6.20 Å². The van der Waals surface area contributed by atoms with E-state index in [9.17, 15) is 5.21 Å². The summed E-state index contributed by atoms with van der Waals surface area (Å²) in [6.07, 6.45) is 6.98. The van der Waals surface area contributed by atoms with Gasteiger partial charge in [0.25, 0.3) is 0 Å². The van der Waals surface area contributed by atoms with Crippen LogP contribution < -0.4 is 0 Å². The maximum atomic E-state index is 10.7. The van der Waals surface area contributed by atoms with Crippen LogP contribution in [0.25, 0.3) is 0 Å². The number of hydrogen-bond donors (Lipinski definition) is 0. The van der Waals surface area contributed by atoms with Crippen LogP contribution in [0.4, 0.5) is 5.82 Å². The molecule has 0 aromatic carbocycles. The maximum Gasteiger partial charge on any atom is 0.342 e. The molecule has 0 amide bonds. The molecule has 4 heteroatoms. The van der Waals surface area contributed by atoms with Crippen molar-refractivity contribution in [2.75, 3.05) is 0 Å². The van der Waals surface area contributed by atoms with Gasteiger partial charge in [-0.15, -0.1) is 12.3 Å². The quantitative estimate of drug-likeness (QED) is 0.387. The van der Waals surface area contributed by atoms with E-state index in [1.807, 2.05) is 0 Å². The third kappa shape index (κ3) is 1.77. The van der Waals surface area contributed by atoms with Gasteiger partial charge in [0.05, 0.1) is 5.56 Å². The van der Waals surface area contributed by atoms with E-state index in [0.29, 0.717) is 16.1 Å². The minimum absolute atomic E-state index is 0.213. The molecule has 0 bridgehead atoms. The molecule has 0 fully saturated rings. The van der Waals surface area contributed by atoms with Crippen molar-refractivity contribution in [2.24, 2.45) is 0 Å². The van der Waals surface area contributed by atoms with E-state index in [0.717, 1.165) is 0 Å². The molecular weight excluding hydrogens is 172 g/mol. The summed E-state index contributed by atoms with van der Waals surface area (Å²) in [5.74, 6) is 2.64. The summed E-state index contributed by atoms with van der Waals surface area (Å²) in [5, 5.41) is 10.7. The second-order valence-electron chi connectivity index (χ2n) is 2.12. The average molecular weight is 178 g/mol. The van der Waals surface area contributed by atoms with Crippen molar-refractivity contribution >= 4 is 18.2 Å². The molecule has 0 aliphatic carbocycles. The first-order valence-electron chi connectivity index (χ1n) is 3.27. The van der Waals surface area contributed by atoms with Crippen molar-refractivity contribution < 1.29 is 4.11 Å². The van der Waals surface area contributed by atoms with Crippen LogP contribution in [0.15, 0.2) is 18.3 Å². The Kier molecular flexibility index (Phi) is 2.72. The Balaban J connectivity index is 3.10. The van der Waals surface area contributed by atoms with Crippen LogP contribution in [0.5, 0.6) is 0 Å². The van der Waals surface area contributed by atoms with Crippen molar-refractivity contribution in [1.82, 2.24) is 4.98 Å². The molecule has 1 rings (SSSR count). The van der Waals surface area contributed by atoms with Gasteiger partial charge in [-0.2, -0.15) is 4.11 Å². The SMILES string of the molecule is C#CCc1cccnc1[N+]([O-])=S. The lowest BCUT2D eigenvalue weighted by Gasteiger charge is -2.01. The van der Waals surface area contributed by atoms with Crippen LogP contribution in [-0.4, -0.2) is 9.09 Å². The van der Waals surface area contributed by atoms with Crippen molar-refractivity contribution in [3.8, 4) is 12.3 Å². The van der Waals surface area contributed by atoms with Gasteiger partial charge in [0, 0.05) is 6.42 Å². The smallest absolute Gasteiger partial charge is 0.342 e. The molecule has 0 unspecified atom stereocenters. The summed E-state index contributed by atoms with van der Waals surface area (Å²) in [7, 11) is 0. The molecule has 1 aromatic heterocycles. The van der Waals surface area contributed by atoms with Crippen LogP contribution in [0.1, 0.15) is 5.56 Å². The highest BCUT2D eigenvalue weighted by molar-refractivity contribution is 7.44. The van der Waals surface area contributed by atoms with Crippen LogP contribution >= 0.6 is 0 Å². The van der Waals surface area contributed by atoms with Gasteiger partial charge >= 0.3 is 5.82 Å². The highest BCUT2D eigenvalue weighted by Gasteiger charge is 2.09. The summed E-state index contributed by atoms with van der Waals surface area (Å²) in [4.78, 5) is 3.81.